The zero-order chi connectivity index (χ0) is 14.8. The molecule has 1 saturated carbocycles. The normalized spacial score (nSPS) is 23.4. The van der Waals surface area contributed by atoms with Gasteiger partial charge >= 0.3 is 5.97 Å². The summed E-state index contributed by atoms with van der Waals surface area (Å²) in [7, 11) is 0. The van der Waals surface area contributed by atoms with Gasteiger partial charge in [0, 0.05) is 0 Å². The Morgan fingerprint density at radius 2 is 1.75 bits per heavy atom. The highest BCUT2D eigenvalue weighted by molar-refractivity contribution is 5.89. The lowest BCUT2D eigenvalue weighted by molar-refractivity contribution is -0.0360. The van der Waals surface area contributed by atoms with E-state index in [1.807, 2.05) is 12.1 Å². The van der Waals surface area contributed by atoms with Crippen molar-refractivity contribution in [1.29, 1.82) is 0 Å². The van der Waals surface area contributed by atoms with Crippen molar-refractivity contribution >= 4 is 5.97 Å². The topological polar surface area (TPSA) is 46.5 Å². The Hall–Kier alpha value is -1.35. The molecule has 0 bridgehead atoms. The lowest BCUT2D eigenvalue weighted by Crippen LogP contribution is -2.34. The Morgan fingerprint density at radius 1 is 1.15 bits per heavy atom. The van der Waals surface area contributed by atoms with E-state index >= 15 is 0 Å². The van der Waals surface area contributed by atoms with E-state index in [0.717, 1.165) is 25.7 Å². The molecule has 0 radical (unpaired) electrons. The molecule has 20 heavy (non-hydrogen) atoms. The summed E-state index contributed by atoms with van der Waals surface area (Å²) < 4.78 is 5.43. The molecule has 3 heteroatoms. The summed E-state index contributed by atoms with van der Waals surface area (Å²) in [4.78, 5) is 12.1. The van der Waals surface area contributed by atoms with Crippen molar-refractivity contribution in [2.75, 3.05) is 0 Å². The van der Waals surface area contributed by atoms with Crippen LogP contribution in [0.5, 0.6) is 0 Å². The number of carbonyl (C=O) groups excluding carboxylic acids is 1. The number of rotatable bonds is 2. The van der Waals surface area contributed by atoms with E-state index in [9.17, 15) is 9.90 Å². The predicted octanol–water partition coefficient (Wildman–Crippen LogP) is 3.44. The molecule has 1 aromatic carbocycles. The zero-order valence-electron chi connectivity index (χ0n) is 12.6. The minimum absolute atomic E-state index is 0.0714. The van der Waals surface area contributed by atoms with Crippen LogP contribution in [0, 0.1) is 0 Å². The number of aliphatic hydroxyl groups is 1. The maximum Gasteiger partial charge on any atom is 0.338 e. The number of ether oxygens (including phenoxy) is 1. The van der Waals surface area contributed by atoms with E-state index in [4.69, 9.17) is 4.74 Å². The van der Waals surface area contributed by atoms with Gasteiger partial charge in [0.05, 0.1) is 11.7 Å². The highest BCUT2D eigenvalue weighted by Crippen LogP contribution is 2.24. The van der Waals surface area contributed by atoms with Gasteiger partial charge in [-0.2, -0.15) is 0 Å². The molecule has 0 unspecified atom stereocenters. The highest BCUT2D eigenvalue weighted by Gasteiger charge is 2.27. The summed E-state index contributed by atoms with van der Waals surface area (Å²) >= 11 is 0. The Kier molecular flexibility index (Phi) is 4.48. The molecule has 0 spiro atoms. The summed E-state index contributed by atoms with van der Waals surface area (Å²) in [5.41, 5.74) is 1.81. The third-order valence-electron chi connectivity index (χ3n) is 3.91. The van der Waals surface area contributed by atoms with Gasteiger partial charge in [-0.25, -0.2) is 4.79 Å². The zero-order valence-corrected chi connectivity index (χ0v) is 12.6. The molecule has 3 nitrogen and oxygen atoms in total. The van der Waals surface area contributed by atoms with Gasteiger partial charge in [-0.3, -0.25) is 0 Å². The SMILES string of the molecule is CC(C)(C)c1ccc(C(=O)O[C@@H]2CCCC[C@@H]2O)cc1. The van der Waals surface area contributed by atoms with Gasteiger partial charge in [0.25, 0.3) is 0 Å². The van der Waals surface area contributed by atoms with E-state index in [1.165, 1.54) is 5.56 Å². The predicted molar refractivity (Wildman–Crippen MR) is 78.8 cm³/mol. The second-order valence-electron chi connectivity index (χ2n) is 6.62. The van der Waals surface area contributed by atoms with Crippen LogP contribution in [-0.2, 0) is 10.2 Å². The van der Waals surface area contributed by atoms with Crippen molar-refractivity contribution in [3.8, 4) is 0 Å². The fraction of sp³-hybridized carbons (Fsp3) is 0.588. The molecule has 2 atom stereocenters. The van der Waals surface area contributed by atoms with Gasteiger partial charge in [0.1, 0.15) is 6.10 Å². The van der Waals surface area contributed by atoms with Crippen LogP contribution < -0.4 is 0 Å². The molecule has 110 valence electrons. The van der Waals surface area contributed by atoms with E-state index in [2.05, 4.69) is 20.8 Å². The highest BCUT2D eigenvalue weighted by atomic mass is 16.6. The van der Waals surface area contributed by atoms with Gasteiger partial charge in [-0.05, 0) is 42.4 Å². The first-order valence-electron chi connectivity index (χ1n) is 7.37. The molecule has 1 N–H and O–H groups in total. The third-order valence-corrected chi connectivity index (χ3v) is 3.91. The number of hydrogen-bond acceptors (Lipinski definition) is 3. The van der Waals surface area contributed by atoms with E-state index in [-0.39, 0.29) is 17.5 Å². The number of aliphatic hydroxyl groups excluding tert-OH is 1. The lowest BCUT2D eigenvalue weighted by Gasteiger charge is -2.27. The molecule has 0 heterocycles. The molecular weight excluding hydrogens is 252 g/mol. The Labute approximate surface area is 121 Å². The minimum atomic E-state index is -0.512. The number of esters is 1. The Bertz CT molecular complexity index is 456. The van der Waals surface area contributed by atoms with Crippen LogP contribution in [0.1, 0.15) is 62.4 Å². The van der Waals surface area contributed by atoms with Crippen LogP contribution in [0.4, 0.5) is 0 Å². The van der Waals surface area contributed by atoms with Gasteiger partial charge in [0.2, 0.25) is 0 Å². The largest absolute Gasteiger partial charge is 0.456 e. The summed E-state index contributed by atoms with van der Waals surface area (Å²) in [6.07, 6.45) is 2.64. The molecule has 0 aliphatic heterocycles. The van der Waals surface area contributed by atoms with Crippen LogP contribution in [-0.4, -0.2) is 23.3 Å². The van der Waals surface area contributed by atoms with Crippen molar-refractivity contribution < 1.29 is 14.6 Å². The Morgan fingerprint density at radius 3 is 2.30 bits per heavy atom. The quantitative estimate of drug-likeness (QED) is 0.842. The molecular formula is C17H24O3. The van der Waals surface area contributed by atoms with E-state index in [0.29, 0.717) is 5.56 Å². The van der Waals surface area contributed by atoms with Crippen LogP contribution in [0.25, 0.3) is 0 Å². The monoisotopic (exact) mass is 276 g/mol. The summed E-state index contributed by atoms with van der Waals surface area (Å²) in [5, 5.41) is 9.84. The van der Waals surface area contributed by atoms with Gasteiger partial charge in [0.15, 0.2) is 0 Å². The molecule has 2 rings (SSSR count). The van der Waals surface area contributed by atoms with Crippen molar-refractivity contribution in [2.45, 2.75) is 64.1 Å². The summed E-state index contributed by atoms with van der Waals surface area (Å²) in [5.74, 6) is -0.337. The van der Waals surface area contributed by atoms with E-state index in [1.54, 1.807) is 12.1 Å². The molecule has 1 aromatic rings. The Balaban J connectivity index is 2.02. The first-order chi connectivity index (χ1) is 9.38. The molecule has 0 saturated heterocycles. The average Bonchev–Trinajstić information content (AvgIpc) is 2.40. The average molecular weight is 276 g/mol. The van der Waals surface area contributed by atoms with Crippen LogP contribution in [0.2, 0.25) is 0 Å². The maximum absolute atomic E-state index is 12.1. The van der Waals surface area contributed by atoms with E-state index < -0.39 is 6.10 Å². The number of benzene rings is 1. The lowest BCUT2D eigenvalue weighted by atomic mass is 9.87. The number of carbonyl (C=O) groups is 1. The summed E-state index contributed by atoms with van der Waals surface area (Å²) in [6.45, 7) is 6.41. The second-order valence-corrected chi connectivity index (χ2v) is 6.62. The fourth-order valence-corrected chi connectivity index (χ4v) is 2.53. The van der Waals surface area contributed by atoms with Crippen LogP contribution in [0.15, 0.2) is 24.3 Å². The molecule has 1 fully saturated rings. The summed E-state index contributed by atoms with van der Waals surface area (Å²) in [6, 6.07) is 7.54. The second kappa shape index (κ2) is 5.96. The van der Waals surface area contributed by atoms with Crippen LogP contribution >= 0.6 is 0 Å². The van der Waals surface area contributed by atoms with Gasteiger partial charge in [-0.15, -0.1) is 0 Å². The van der Waals surface area contributed by atoms with Crippen molar-refractivity contribution in [3.05, 3.63) is 35.4 Å². The molecule has 1 aliphatic carbocycles. The smallest absolute Gasteiger partial charge is 0.338 e. The molecule has 1 aliphatic rings. The first-order valence-corrected chi connectivity index (χ1v) is 7.37. The molecule has 0 aromatic heterocycles. The van der Waals surface area contributed by atoms with Crippen molar-refractivity contribution in [1.82, 2.24) is 0 Å². The van der Waals surface area contributed by atoms with Gasteiger partial charge in [-0.1, -0.05) is 39.3 Å². The molecule has 0 amide bonds. The van der Waals surface area contributed by atoms with Gasteiger partial charge < -0.3 is 9.84 Å². The standard InChI is InChI=1S/C17H24O3/c1-17(2,3)13-10-8-12(9-11-13)16(19)20-15-7-5-4-6-14(15)18/h8-11,14-15,18H,4-7H2,1-3H3/t14-,15+/m0/s1. The third kappa shape index (κ3) is 3.60. The van der Waals surface area contributed by atoms with Crippen molar-refractivity contribution in [2.24, 2.45) is 0 Å². The van der Waals surface area contributed by atoms with Crippen molar-refractivity contribution in [3.63, 3.8) is 0 Å². The minimum Gasteiger partial charge on any atom is -0.456 e. The van der Waals surface area contributed by atoms with Crippen LogP contribution in [0.3, 0.4) is 0 Å². The first kappa shape index (κ1) is 15.0. The fourth-order valence-electron chi connectivity index (χ4n) is 2.53. The maximum atomic E-state index is 12.1. The number of hydrogen-bond donors (Lipinski definition) is 1.